The lowest BCUT2D eigenvalue weighted by Gasteiger charge is -2.29. The van der Waals surface area contributed by atoms with Crippen LogP contribution in [0, 0.1) is 0 Å². The van der Waals surface area contributed by atoms with Crippen molar-refractivity contribution in [2.75, 3.05) is 31.7 Å². The fraction of sp³-hybridized carbons (Fsp3) is 0.786. The Bertz CT molecular complexity index is 394. The number of hydroxylamine groups is 2. The van der Waals surface area contributed by atoms with Crippen molar-refractivity contribution in [3.05, 3.63) is 0 Å². The molecule has 0 aliphatic carbocycles. The number of carbonyl (C=O) groups excluding carboxylic acids is 1. The minimum absolute atomic E-state index is 0.0255. The third-order valence-electron chi connectivity index (χ3n) is 3.72. The Kier molecular flexibility index (Phi) is 9.06. The molecule has 0 spiro atoms. The summed E-state index contributed by atoms with van der Waals surface area (Å²) < 4.78 is 5.18. The van der Waals surface area contributed by atoms with Gasteiger partial charge in [0.15, 0.2) is 0 Å². The van der Waals surface area contributed by atoms with Crippen LogP contribution in [0.3, 0.4) is 0 Å². The molecule has 0 atom stereocenters. The van der Waals surface area contributed by atoms with E-state index in [0.717, 1.165) is 5.06 Å². The third-order valence-corrected chi connectivity index (χ3v) is 6.29. The number of hydrogen-bond acceptors (Lipinski definition) is 5. The summed E-state index contributed by atoms with van der Waals surface area (Å²) in [6.07, 6.45) is 2.48. The fourth-order valence-corrected chi connectivity index (χ4v) is 4.54. The Labute approximate surface area is 136 Å². The average Bonchev–Trinajstić information content (AvgIpc) is 2.53. The molecule has 132 valence electrons. The van der Waals surface area contributed by atoms with Crippen molar-refractivity contribution >= 4 is 25.8 Å². The van der Waals surface area contributed by atoms with E-state index in [4.69, 9.17) is 14.9 Å². The fourth-order valence-electron chi connectivity index (χ4n) is 2.34. The highest BCUT2D eigenvalue weighted by Gasteiger charge is 2.25. The highest BCUT2D eigenvalue weighted by molar-refractivity contribution is 7.57. The molecule has 0 aromatic rings. The Morgan fingerprint density at radius 1 is 0.957 bits per heavy atom. The molecule has 8 nitrogen and oxygen atoms in total. The van der Waals surface area contributed by atoms with Crippen LogP contribution in [0.4, 0.5) is 0 Å². The maximum absolute atomic E-state index is 12.0. The Morgan fingerprint density at radius 2 is 1.43 bits per heavy atom. The quantitative estimate of drug-likeness (QED) is 0.307. The van der Waals surface area contributed by atoms with E-state index < -0.39 is 25.8 Å². The molecule has 0 aromatic heterocycles. The van der Waals surface area contributed by atoms with E-state index in [0.29, 0.717) is 44.5 Å². The summed E-state index contributed by atoms with van der Waals surface area (Å²) in [5.41, 5.74) is 0. The summed E-state index contributed by atoms with van der Waals surface area (Å²) in [6.45, 7) is 1.03. The first-order valence-electron chi connectivity index (χ1n) is 7.64. The zero-order chi connectivity index (χ0) is 17.2. The molecule has 9 heteroatoms. The zero-order valence-electron chi connectivity index (χ0n) is 13.0. The first-order valence-corrected chi connectivity index (χ1v) is 9.54. The van der Waals surface area contributed by atoms with Crippen molar-refractivity contribution in [3.63, 3.8) is 0 Å². The number of rotatable bonds is 10. The van der Waals surface area contributed by atoms with Gasteiger partial charge in [-0.15, -0.1) is 7.92 Å². The number of hydrogen-bond donors (Lipinski definition) is 3. The molecular weight excluding hydrogens is 325 g/mol. The summed E-state index contributed by atoms with van der Waals surface area (Å²) in [6, 6.07) is -0.236. The van der Waals surface area contributed by atoms with Crippen LogP contribution in [0.1, 0.15) is 32.1 Å². The number of carboxylic acid groups (broad SMARTS) is 2. The standard InChI is InChI=1S/C14H24NO7P/c16-12(15(21)11-1-6-22-7-2-11)3-8-23(9-4-13(17)18)10-5-14(19)20/h11,21H,1-10H2,(H,17,18)(H,19,20). The predicted octanol–water partition coefficient (Wildman–Crippen LogP) is 1.20. The van der Waals surface area contributed by atoms with Gasteiger partial charge in [0.25, 0.3) is 0 Å². The van der Waals surface area contributed by atoms with Gasteiger partial charge < -0.3 is 14.9 Å². The highest BCUT2D eigenvalue weighted by atomic mass is 31.1. The number of aliphatic carboxylic acids is 2. The van der Waals surface area contributed by atoms with E-state index in [2.05, 4.69) is 0 Å². The largest absolute Gasteiger partial charge is 0.481 e. The second-order valence-electron chi connectivity index (χ2n) is 5.46. The smallest absolute Gasteiger partial charge is 0.303 e. The molecular formula is C14H24NO7P. The molecule has 0 bridgehead atoms. The number of carboxylic acids is 2. The van der Waals surface area contributed by atoms with Crippen LogP contribution in [0.5, 0.6) is 0 Å². The topological polar surface area (TPSA) is 124 Å². The maximum Gasteiger partial charge on any atom is 0.303 e. The maximum atomic E-state index is 12.0. The van der Waals surface area contributed by atoms with Crippen LogP contribution in [0.25, 0.3) is 0 Å². The van der Waals surface area contributed by atoms with Gasteiger partial charge in [0, 0.05) is 32.5 Å². The Hall–Kier alpha value is -1.24. The lowest BCUT2D eigenvalue weighted by molar-refractivity contribution is -0.182. The molecule has 1 amide bonds. The van der Waals surface area contributed by atoms with Crippen LogP contribution < -0.4 is 0 Å². The molecule has 1 aliphatic heterocycles. The molecule has 0 unspecified atom stereocenters. The van der Waals surface area contributed by atoms with Gasteiger partial charge in [0.05, 0.1) is 6.04 Å². The van der Waals surface area contributed by atoms with Crippen molar-refractivity contribution in [2.24, 2.45) is 0 Å². The Balaban J connectivity index is 2.42. The molecule has 1 saturated heterocycles. The summed E-state index contributed by atoms with van der Waals surface area (Å²) in [5, 5.41) is 28.2. The number of ether oxygens (including phenoxy) is 1. The van der Waals surface area contributed by atoms with Gasteiger partial charge in [-0.05, 0) is 31.3 Å². The van der Waals surface area contributed by atoms with Gasteiger partial charge in [0.1, 0.15) is 0 Å². The van der Waals surface area contributed by atoms with Crippen molar-refractivity contribution in [1.82, 2.24) is 5.06 Å². The monoisotopic (exact) mass is 349 g/mol. The zero-order valence-corrected chi connectivity index (χ0v) is 13.9. The minimum Gasteiger partial charge on any atom is -0.481 e. The molecule has 0 radical (unpaired) electrons. The summed E-state index contributed by atoms with van der Waals surface area (Å²) in [4.78, 5) is 33.4. The first-order chi connectivity index (χ1) is 10.9. The summed E-state index contributed by atoms with van der Waals surface area (Å²) in [5.74, 6) is -2.25. The van der Waals surface area contributed by atoms with Crippen molar-refractivity contribution in [2.45, 2.75) is 38.1 Å². The number of amides is 1. The molecule has 1 aliphatic rings. The van der Waals surface area contributed by atoms with Gasteiger partial charge in [-0.3, -0.25) is 19.6 Å². The van der Waals surface area contributed by atoms with Gasteiger partial charge >= 0.3 is 11.9 Å². The van der Waals surface area contributed by atoms with Crippen LogP contribution in [0.2, 0.25) is 0 Å². The lowest BCUT2D eigenvalue weighted by Crippen LogP contribution is -2.41. The third kappa shape index (κ3) is 8.25. The van der Waals surface area contributed by atoms with Gasteiger partial charge in [-0.1, -0.05) is 0 Å². The molecule has 1 rings (SSSR count). The van der Waals surface area contributed by atoms with Crippen LogP contribution in [-0.4, -0.2) is 76.1 Å². The van der Waals surface area contributed by atoms with E-state index in [1.165, 1.54) is 0 Å². The van der Waals surface area contributed by atoms with Gasteiger partial charge in [-0.25, -0.2) is 5.06 Å². The van der Waals surface area contributed by atoms with Crippen molar-refractivity contribution in [1.29, 1.82) is 0 Å². The van der Waals surface area contributed by atoms with Crippen molar-refractivity contribution in [3.8, 4) is 0 Å². The molecule has 0 saturated carbocycles. The highest BCUT2D eigenvalue weighted by Crippen LogP contribution is 2.38. The molecule has 0 aromatic carbocycles. The lowest BCUT2D eigenvalue weighted by atomic mass is 10.1. The molecule has 1 heterocycles. The summed E-state index contributed by atoms with van der Waals surface area (Å²) >= 11 is 0. The predicted molar refractivity (Wildman–Crippen MR) is 83.1 cm³/mol. The first kappa shape index (κ1) is 19.8. The second-order valence-corrected chi connectivity index (χ2v) is 8.14. The minimum atomic E-state index is -0.926. The molecule has 3 N–H and O–H groups in total. The van der Waals surface area contributed by atoms with E-state index >= 15 is 0 Å². The summed E-state index contributed by atoms with van der Waals surface area (Å²) in [7, 11) is -0.845. The van der Waals surface area contributed by atoms with Gasteiger partial charge in [-0.2, -0.15) is 0 Å². The van der Waals surface area contributed by atoms with E-state index in [-0.39, 0.29) is 25.3 Å². The van der Waals surface area contributed by atoms with Gasteiger partial charge in [0.2, 0.25) is 5.91 Å². The normalized spacial score (nSPS) is 15.6. The molecule has 23 heavy (non-hydrogen) atoms. The number of nitrogens with zero attached hydrogens (tertiary/aromatic N) is 1. The van der Waals surface area contributed by atoms with E-state index in [9.17, 15) is 19.6 Å². The second kappa shape index (κ2) is 10.5. The SMILES string of the molecule is O=C(O)CCP(CCC(=O)O)CCC(=O)N(O)C1CCOCC1. The molecule has 1 fully saturated rings. The number of carbonyl (C=O) groups is 3. The van der Waals surface area contributed by atoms with E-state index in [1.54, 1.807) is 0 Å². The van der Waals surface area contributed by atoms with Crippen LogP contribution in [-0.2, 0) is 19.1 Å². The van der Waals surface area contributed by atoms with Crippen LogP contribution >= 0.6 is 7.92 Å². The van der Waals surface area contributed by atoms with Crippen molar-refractivity contribution < 1.29 is 34.5 Å². The van der Waals surface area contributed by atoms with Crippen LogP contribution in [0.15, 0.2) is 0 Å². The average molecular weight is 349 g/mol. The Morgan fingerprint density at radius 3 is 1.91 bits per heavy atom. The van der Waals surface area contributed by atoms with E-state index in [1.807, 2.05) is 0 Å².